The number of aliphatic hydroxyl groups is 1. The van der Waals surface area contributed by atoms with Crippen LogP contribution in [0.15, 0.2) is 89.3 Å². The van der Waals surface area contributed by atoms with E-state index in [9.17, 15) is 13.9 Å². The van der Waals surface area contributed by atoms with E-state index >= 15 is 0 Å². The first-order chi connectivity index (χ1) is 17.9. The standard InChI is InChI=1S/C30H31F2NO4/c1-35-17-5-16-33(20-22-10-12-27(36-2)13-11-22)21-28-14-15-29(37-28)30(34,23-6-3-8-25(31)18-23)24-7-4-9-26(32)19-24/h3-4,6-15,18-19,34H,5,16-17,20-21H2,1-2H3. The quantitative estimate of drug-likeness (QED) is 0.242. The molecule has 0 bridgehead atoms. The molecule has 1 heterocycles. The summed E-state index contributed by atoms with van der Waals surface area (Å²) in [5.74, 6) is 0.567. The Kier molecular flexibility index (Phi) is 8.71. The Labute approximate surface area is 215 Å². The fourth-order valence-corrected chi connectivity index (χ4v) is 4.39. The van der Waals surface area contributed by atoms with E-state index < -0.39 is 17.2 Å². The molecule has 0 aliphatic carbocycles. The minimum Gasteiger partial charge on any atom is -0.497 e. The van der Waals surface area contributed by atoms with Crippen molar-refractivity contribution in [3.05, 3.63) is 125 Å². The molecule has 0 saturated heterocycles. The zero-order valence-corrected chi connectivity index (χ0v) is 21.0. The van der Waals surface area contributed by atoms with Gasteiger partial charge in [0, 0.05) is 26.8 Å². The van der Waals surface area contributed by atoms with Gasteiger partial charge in [-0.3, -0.25) is 4.90 Å². The number of halogens is 2. The molecule has 7 heteroatoms. The Morgan fingerprint density at radius 1 is 0.838 bits per heavy atom. The van der Waals surface area contributed by atoms with Gasteiger partial charge in [0.1, 0.15) is 28.9 Å². The number of benzene rings is 3. The summed E-state index contributed by atoms with van der Waals surface area (Å²) in [5.41, 5.74) is -0.274. The third-order valence-corrected chi connectivity index (χ3v) is 6.27. The molecule has 0 saturated carbocycles. The largest absolute Gasteiger partial charge is 0.497 e. The van der Waals surface area contributed by atoms with Crippen LogP contribution in [0.3, 0.4) is 0 Å². The lowest BCUT2D eigenvalue weighted by atomic mass is 9.84. The molecule has 5 nitrogen and oxygen atoms in total. The minimum atomic E-state index is -1.88. The Balaban J connectivity index is 1.63. The zero-order chi connectivity index (χ0) is 26.3. The van der Waals surface area contributed by atoms with E-state index in [0.29, 0.717) is 25.5 Å². The molecule has 0 amide bonds. The molecule has 0 spiro atoms. The summed E-state index contributed by atoms with van der Waals surface area (Å²) in [6, 6.07) is 22.6. The molecule has 0 aliphatic rings. The van der Waals surface area contributed by atoms with Crippen LogP contribution in [-0.4, -0.2) is 37.4 Å². The first-order valence-electron chi connectivity index (χ1n) is 12.1. The number of methoxy groups -OCH3 is 2. The van der Waals surface area contributed by atoms with Crippen LogP contribution in [0.5, 0.6) is 5.75 Å². The normalized spacial score (nSPS) is 11.7. The number of hydrogen-bond acceptors (Lipinski definition) is 5. The van der Waals surface area contributed by atoms with Crippen molar-refractivity contribution in [3.63, 3.8) is 0 Å². The fraction of sp³-hybridized carbons (Fsp3) is 0.267. The van der Waals surface area contributed by atoms with Crippen LogP contribution in [0.1, 0.15) is 34.6 Å². The smallest absolute Gasteiger partial charge is 0.173 e. The predicted molar refractivity (Wildman–Crippen MR) is 137 cm³/mol. The van der Waals surface area contributed by atoms with Crippen LogP contribution in [0.25, 0.3) is 0 Å². The van der Waals surface area contributed by atoms with Gasteiger partial charge in [0.25, 0.3) is 0 Å². The van der Waals surface area contributed by atoms with E-state index in [4.69, 9.17) is 13.9 Å². The predicted octanol–water partition coefficient (Wildman–Crippen LogP) is 5.89. The average molecular weight is 508 g/mol. The summed E-state index contributed by atoms with van der Waals surface area (Å²) in [6.45, 7) is 2.52. The molecular weight excluding hydrogens is 476 g/mol. The van der Waals surface area contributed by atoms with E-state index in [1.807, 2.05) is 24.3 Å². The maximum atomic E-state index is 14.1. The summed E-state index contributed by atoms with van der Waals surface area (Å²) in [4.78, 5) is 2.22. The summed E-state index contributed by atoms with van der Waals surface area (Å²) in [5, 5.41) is 11.9. The number of rotatable bonds is 12. The molecule has 0 aliphatic heterocycles. The Morgan fingerprint density at radius 2 is 1.49 bits per heavy atom. The molecule has 0 unspecified atom stereocenters. The average Bonchev–Trinajstić information content (AvgIpc) is 3.37. The van der Waals surface area contributed by atoms with Gasteiger partial charge < -0.3 is 19.0 Å². The van der Waals surface area contributed by atoms with Crippen LogP contribution < -0.4 is 4.74 Å². The second kappa shape index (κ2) is 12.1. The summed E-state index contributed by atoms with van der Waals surface area (Å²) in [6.07, 6.45) is 0.830. The fourth-order valence-electron chi connectivity index (χ4n) is 4.39. The molecule has 0 radical (unpaired) electrons. The van der Waals surface area contributed by atoms with E-state index in [2.05, 4.69) is 4.90 Å². The van der Waals surface area contributed by atoms with Crippen LogP contribution >= 0.6 is 0 Å². The second-order valence-electron chi connectivity index (χ2n) is 8.90. The van der Waals surface area contributed by atoms with Crippen molar-refractivity contribution >= 4 is 0 Å². The van der Waals surface area contributed by atoms with Crippen LogP contribution in [0, 0.1) is 11.6 Å². The van der Waals surface area contributed by atoms with Gasteiger partial charge in [0.05, 0.1) is 13.7 Å². The summed E-state index contributed by atoms with van der Waals surface area (Å²) in [7, 11) is 3.31. The van der Waals surface area contributed by atoms with E-state index in [1.165, 1.54) is 36.4 Å². The van der Waals surface area contributed by atoms with Crippen molar-refractivity contribution in [2.45, 2.75) is 25.1 Å². The van der Waals surface area contributed by atoms with Gasteiger partial charge in [-0.2, -0.15) is 0 Å². The lowest BCUT2D eigenvalue weighted by Gasteiger charge is -2.27. The molecule has 37 heavy (non-hydrogen) atoms. The molecule has 0 fully saturated rings. The number of ether oxygens (including phenoxy) is 2. The zero-order valence-electron chi connectivity index (χ0n) is 21.0. The van der Waals surface area contributed by atoms with Crippen molar-refractivity contribution in [2.75, 3.05) is 27.4 Å². The van der Waals surface area contributed by atoms with Crippen LogP contribution in [-0.2, 0) is 23.4 Å². The molecule has 1 N–H and O–H groups in total. The SMILES string of the molecule is COCCCN(Cc1ccc(OC)cc1)Cc1ccc(C(O)(c2cccc(F)c2)c2cccc(F)c2)o1. The van der Waals surface area contributed by atoms with Gasteiger partial charge in [-0.25, -0.2) is 8.78 Å². The van der Waals surface area contributed by atoms with E-state index in [-0.39, 0.29) is 16.9 Å². The van der Waals surface area contributed by atoms with Gasteiger partial charge >= 0.3 is 0 Å². The van der Waals surface area contributed by atoms with Gasteiger partial charge in [-0.1, -0.05) is 36.4 Å². The Hall–Kier alpha value is -3.52. The van der Waals surface area contributed by atoms with Crippen molar-refractivity contribution in [2.24, 2.45) is 0 Å². The maximum Gasteiger partial charge on any atom is 0.173 e. The molecule has 4 aromatic rings. The highest BCUT2D eigenvalue weighted by Gasteiger charge is 2.38. The summed E-state index contributed by atoms with van der Waals surface area (Å²) >= 11 is 0. The molecule has 1 aromatic heterocycles. The van der Waals surface area contributed by atoms with E-state index in [0.717, 1.165) is 24.3 Å². The highest BCUT2D eigenvalue weighted by Crippen LogP contribution is 2.38. The molecule has 3 aromatic carbocycles. The molecular formula is C30H31F2NO4. The number of furan rings is 1. The van der Waals surface area contributed by atoms with Crippen molar-refractivity contribution in [1.82, 2.24) is 4.90 Å². The van der Waals surface area contributed by atoms with Gasteiger partial charge in [0.15, 0.2) is 5.60 Å². The lowest BCUT2D eigenvalue weighted by Crippen LogP contribution is -2.29. The third-order valence-electron chi connectivity index (χ3n) is 6.27. The Morgan fingerprint density at radius 3 is 2.05 bits per heavy atom. The molecule has 0 atom stereocenters. The minimum absolute atomic E-state index is 0.181. The van der Waals surface area contributed by atoms with E-state index in [1.54, 1.807) is 38.5 Å². The first-order valence-corrected chi connectivity index (χ1v) is 12.1. The number of nitrogens with zero attached hydrogens (tertiary/aromatic N) is 1. The first kappa shape index (κ1) is 26.5. The van der Waals surface area contributed by atoms with Crippen molar-refractivity contribution < 1.29 is 27.8 Å². The Bertz CT molecular complexity index is 1240. The molecule has 4 rings (SSSR count). The maximum absolute atomic E-state index is 14.1. The number of hydrogen-bond donors (Lipinski definition) is 1. The van der Waals surface area contributed by atoms with Gasteiger partial charge in [0.2, 0.25) is 0 Å². The van der Waals surface area contributed by atoms with Crippen molar-refractivity contribution in [3.8, 4) is 5.75 Å². The summed E-state index contributed by atoms with van der Waals surface area (Å²) < 4.78 is 44.9. The van der Waals surface area contributed by atoms with Crippen molar-refractivity contribution in [1.29, 1.82) is 0 Å². The molecule has 194 valence electrons. The second-order valence-corrected chi connectivity index (χ2v) is 8.90. The van der Waals surface area contributed by atoms with Gasteiger partial charge in [-0.15, -0.1) is 0 Å². The monoisotopic (exact) mass is 507 g/mol. The highest BCUT2D eigenvalue weighted by molar-refractivity contribution is 5.44. The van der Waals surface area contributed by atoms with Gasteiger partial charge in [-0.05, 0) is 71.6 Å². The third kappa shape index (κ3) is 6.43. The highest BCUT2D eigenvalue weighted by atomic mass is 19.1. The topological polar surface area (TPSA) is 55.1 Å². The van der Waals surface area contributed by atoms with Crippen LogP contribution in [0.2, 0.25) is 0 Å². The van der Waals surface area contributed by atoms with Crippen LogP contribution in [0.4, 0.5) is 8.78 Å². The lowest BCUT2D eigenvalue weighted by molar-refractivity contribution is 0.0941.